The van der Waals surface area contributed by atoms with Crippen molar-refractivity contribution in [3.63, 3.8) is 0 Å². The zero-order chi connectivity index (χ0) is 13.0. The van der Waals surface area contributed by atoms with Crippen LogP contribution >= 0.6 is 22.6 Å². The molecule has 1 nitrogen and oxygen atoms in total. The average Bonchev–Trinajstić information content (AvgIpc) is 2.40. The normalized spacial score (nSPS) is 12.4. The highest BCUT2D eigenvalue weighted by atomic mass is 127. The Morgan fingerprint density at radius 1 is 1.17 bits per heavy atom. The molecule has 0 bridgehead atoms. The molecule has 0 saturated heterocycles. The van der Waals surface area contributed by atoms with Crippen molar-refractivity contribution in [3.05, 3.63) is 69.0 Å². The van der Waals surface area contributed by atoms with Gasteiger partial charge < -0.3 is 4.74 Å². The third kappa shape index (κ3) is 3.53. The van der Waals surface area contributed by atoms with Gasteiger partial charge in [-0.05, 0) is 58.8 Å². The number of halogens is 2. The number of hydrogen-bond acceptors (Lipinski definition) is 1. The third-order valence-electron chi connectivity index (χ3n) is 2.74. The molecule has 18 heavy (non-hydrogen) atoms. The van der Waals surface area contributed by atoms with Gasteiger partial charge in [0, 0.05) is 3.57 Å². The summed E-state index contributed by atoms with van der Waals surface area (Å²) in [5, 5.41) is 0. The third-order valence-corrected chi connectivity index (χ3v) is 3.72. The van der Waals surface area contributed by atoms with Crippen LogP contribution in [0.1, 0.15) is 24.2 Å². The van der Waals surface area contributed by atoms with Gasteiger partial charge in [-0.3, -0.25) is 0 Å². The molecular weight excluding hydrogens is 342 g/mol. The van der Waals surface area contributed by atoms with Gasteiger partial charge in [-0.15, -0.1) is 0 Å². The number of benzene rings is 2. The SMILES string of the molecule is CC(OCc1ccccc1)c1cc(F)ccc1I. The van der Waals surface area contributed by atoms with Crippen molar-refractivity contribution in [2.45, 2.75) is 19.6 Å². The maximum atomic E-state index is 13.2. The van der Waals surface area contributed by atoms with E-state index in [1.807, 2.05) is 37.3 Å². The summed E-state index contributed by atoms with van der Waals surface area (Å²) in [6, 6.07) is 14.7. The van der Waals surface area contributed by atoms with Crippen LogP contribution in [0.3, 0.4) is 0 Å². The highest BCUT2D eigenvalue weighted by Gasteiger charge is 2.11. The second kappa shape index (κ2) is 6.29. The Morgan fingerprint density at radius 3 is 2.61 bits per heavy atom. The molecule has 0 saturated carbocycles. The van der Waals surface area contributed by atoms with Gasteiger partial charge in [0.15, 0.2) is 0 Å². The molecule has 94 valence electrons. The fourth-order valence-corrected chi connectivity index (χ4v) is 2.49. The van der Waals surface area contributed by atoms with Crippen molar-refractivity contribution < 1.29 is 9.13 Å². The smallest absolute Gasteiger partial charge is 0.123 e. The lowest BCUT2D eigenvalue weighted by Crippen LogP contribution is -2.03. The van der Waals surface area contributed by atoms with Crippen LogP contribution in [0.4, 0.5) is 4.39 Å². The quantitative estimate of drug-likeness (QED) is 0.721. The van der Waals surface area contributed by atoms with E-state index in [1.165, 1.54) is 12.1 Å². The van der Waals surface area contributed by atoms with Crippen molar-refractivity contribution in [1.82, 2.24) is 0 Å². The predicted octanol–water partition coefficient (Wildman–Crippen LogP) is 4.71. The van der Waals surface area contributed by atoms with Crippen molar-refractivity contribution in [2.24, 2.45) is 0 Å². The summed E-state index contributed by atoms with van der Waals surface area (Å²) in [4.78, 5) is 0. The standard InChI is InChI=1S/C15H14FIO/c1-11(14-9-13(16)7-8-15(14)17)18-10-12-5-3-2-4-6-12/h2-9,11H,10H2,1H3. The first-order chi connectivity index (χ1) is 8.66. The van der Waals surface area contributed by atoms with E-state index in [2.05, 4.69) is 22.6 Å². The van der Waals surface area contributed by atoms with Gasteiger partial charge in [-0.2, -0.15) is 0 Å². The van der Waals surface area contributed by atoms with Crippen molar-refractivity contribution >= 4 is 22.6 Å². The van der Waals surface area contributed by atoms with Crippen LogP contribution in [0, 0.1) is 9.39 Å². The molecule has 0 aromatic heterocycles. The minimum absolute atomic E-state index is 0.118. The molecule has 0 aliphatic heterocycles. The lowest BCUT2D eigenvalue weighted by molar-refractivity contribution is 0.0518. The molecule has 2 aromatic rings. The molecule has 1 unspecified atom stereocenters. The largest absolute Gasteiger partial charge is 0.369 e. The van der Waals surface area contributed by atoms with Gasteiger partial charge >= 0.3 is 0 Å². The molecule has 0 amide bonds. The molecule has 1 atom stereocenters. The predicted molar refractivity (Wildman–Crippen MR) is 78.8 cm³/mol. The Labute approximate surface area is 120 Å². The second-order valence-corrected chi connectivity index (χ2v) is 5.27. The van der Waals surface area contributed by atoms with Crippen molar-refractivity contribution in [3.8, 4) is 0 Å². The molecule has 0 radical (unpaired) electrons. The van der Waals surface area contributed by atoms with E-state index >= 15 is 0 Å². The average molecular weight is 356 g/mol. The maximum absolute atomic E-state index is 13.2. The zero-order valence-corrected chi connectivity index (χ0v) is 12.2. The summed E-state index contributed by atoms with van der Waals surface area (Å²) in [6.45, 7) is 2.48. The Bertz CT molecular complexity index is 513. The van der Waals surface area contributed by atoms with E-state index in [4.69, 9.17) is 4.74 Å². The van der Waals surface area contributed by atoms with E-state index in [9.17, 15) is 4.39 Å². The number of rotatable bonds is 4. The van der Waals surface area contributed by atoms with Crippen LogP contribution in [0.15, 0.2) is 48.5 Å². The van der Waals surface area contributed by atoms with Crippen molar-refractivity contribution in [1.29, 1.82) is 0 Å². The van der Waals surface area contributed by atoms with Gasteiger partial charge in [0.25, 0.3) is 0 Å². The lowest BCUT2D eigenvalue weighted by atomic mass is 10.1. The van der Waals surface area contributed by atoms with Gasteiger partial charge in [0.1, 0.15) is 5.82 Å². The first kappa shape index (κ1) is 13.5. The lowest BCUT2D eigenvalue weighted by Gasteiger charge is -2.15. The fourth-order valence-electron chi connectivity index (χ4n) is 1.71. The van der Waals surface area contributed by atoms with Gasteiger partial charge in [0.2, 0.25) is 0 Å². The Morgan fingerprint density at radius 2 is 1.89 bits per heavy atom. The van der Waals surface area contributed by atoms with Gasteiger partial charge in [-0.1, -0.05) is 30.3 Å². The first-order valence-electron chi connectivity index (χ1n) is 5.77. The van der Waals surface area contributed by atoms with Crippen LogP contribution in [0.5, 0.6) is 0 Å². The van der Waals surface area contributed by atoms with Crippen LogP contribution in [0.25, 0.3) is 0 Å². The topological polar surface area (TPSA) is 9.23 Å². The Balaban J connectivity index is 2.03. The molecule has 2 rings (SSSR count). The highest BCUT2D eigenvalue weighted by Crippen LogP contribution is 2.24. The van der Waals surface area contributed by atoms with Crippen LogP contribution in [-0.2, 0) is 11.3 Å². The molecule has 0 N–H and O–H groups in total. The van der Waals surface area contributed by atoms with E-state index in [0.29, 0.717) is 6.61 Å². The maximum Gasteiger partial charge on any atom is 0.123 e. The monoisotopic (exact) mass is 356 g/mol. The summed E-state index contributed by atoms with van der Waals surface area (Å²) < 4.78 is 20.0. The summed E-state index contributed by atoms with van der Waals surface area (Å²) in [5.74, 6) is -0.222. The van der Waals surface area contributed by atoms with E-state index < -0.39 is 0 Å². The minimum atomic E-state index is -0.222. The van der Waals surface area contributed by atoms with Crippen LogP contribution in [-0.4, -0.2) is 0 Å². The molecule has 0 aliphatic carbocycles. The summed E-state index contributed by atoms with van der Waals surface area (Å²) in [7, 11) is 0. The Hall–Kier alpha value is -0.940. The summed E-state index contributed by atoms with van der Waals surface area (Å²) in [5.41, 5.74) is 2.02. The van der Waals surface area contributed by atoms with E-state index in [-0.39, 0.29) is 11.9 Å². The van der Waals surface area contributed by atoms with Crippen LogP contribution in [0.2, 0.25) is 0 Å². The van der Waals surface area contributed by atoms with Gasteiger partial charge in [-0.25, -0.2) is 4.39 Å². The molecule has 0 heterocycles. The first-order valence-corrected chi connectivity index (χ1v) is 6.85. The van der Waals surface area contributed by atoms with Gasteiger partial charge in [0.05, 0.1) is 12.7 Å². The molecule has 0 aliphatic rings. The minimum Gasteiger partial charge on any atom is -0.369 e. The van der Waals surface area contributed by atoms with E-state index in [1.54, 1.807) is 6.07 Å². The summed E-state index contributed by atoms with van der Waals surface area (Å²) >= 11 is 2.20. The number of ether oxygens (including phenoxy) is 1. The molecule has 0 fully saturated rings. The zero-order valence-electron chi connectivity index (χ0n) is 10.1. The fraction of sp³-hybridized carbons (Fsp3) is 0.200. The Kier molecular flexibility index (Phi) is 4.72. The second-order valence-electron chi connectivity index (χ2n) is 4.10. The molecule has 3 heteroatoms. The molecular formula is C15H14FIO. The highest BCUT2D eigenvalue weighted by molar-refractivity contribution is 14.1. The molecule has 2 aromatic carbocycles. The number of hydrogen-bond donors (Lipinski definition) is 0. The van der Waals surface area contributed by atoms with Crippen molar-refractivity contribution in [2.75, 3.05) is 0 Å². The summed E-state index contributed by atoms with van der Waals surface area (Å²) in [6.07, 6.45) is -0.118. The molecule has 0 spiro atoms. The van der Waals surface area contributed by atoms with Crippen LogP contribution < -0.4 is 0 Å². The van der Waals surface area contributed by atoms with E-state index in [0.717, 1.165) is 14.7 Å².